The maximum absolute atomic E-state index is 12.1. The Balaban J connectivity index is 1.77. The minimum atomic E-state index is 0.0282. The van der Waals surface area contributed by atoms with E-state index in [0.717, 1.165) is 52.8 Å². The molecular formula is C20H24N6O2. The average Bonchev–Trinajstić information content (AvgIpc) is 3.49. The third-order valence-corrected chi connectivity index (χ3v) is 5.05. The Kier molecular flexibility index (Phi) is 4.95. The lowest BCUT2D eigenvalue weighted by molar-refractivity contribution is -0.117. The summed E-state index contributed by atoms with van der Waals surface area (Å²) in [5.74, 6) is 1.41. The van der Waals surface area contributed by atoms with Crippen molar-refractivity contribution in [3.63, 3.8) is 0 Å². The monoisotopic (exact) mass is 380 g/mol. The van der Waals surface area contributed by atoms with Crippen molar-refractivity contribution < 1.29 is 9.90 Å². The van der Waals surface area contributed by atoms with Crippen molar-refractivity contribution in [1.82, 2.24) is 19.7 Å². The minimum Gasteiger partial charge on any atom is -0.396 e. The second-order valence-corrected chi connectivity index (χ2v) is 7.12. The zero-order valence-electron chi connectivity index (χ0n) is 16.1. The Hall–Kier alpha value is -3.00. The molecular weight excluding hydrogens is 356 g/mol. The quantitative estimate of drug-likeness (QED) is 0.581. The van der Waals surface area contributed by atoms with Crippen LogP contribution < -0.4 is 10.6 Å². The normalized spacial score (nSPS) is 13.7. The number of rotatable bonds is 7. The summed E-state index contributed by atoms with van der Waals surface area (Å²) in [7, 11) is 3.72. The van der Waals surface area contributed by atoms with Crippen LogP contribution in [0.4, 0.5) is 11.6 Å². The Labute approximate surface area is 163 Å². The zero-order chi connectivity index (χ0) is 19.7. The van der Waals surface area contributed by atoms with Gasteiger partial charge in [0.2, 0.25) is 5.91 Å². The number of nitrogens with zero attached hydrogens (tertiary/aromatic N) is 4. The molecule has 1 aliphatic carbocycles. The second kappa shape index (κ2) is 7.55. The number of hydrogen-bond donors (Lipinski definition) is 3. The Bertz CT molecular complexity index is 1020. The van der Waals surface area contributed by atoms with Gasteiger partial charge in [0.25, 0.3) is 0 Å². The maximum atomic E-state index is 12.1. The van der Waals surface area contributed by atoms with Crippen molar-refractivity contribution in [3.8, 4) is 11.3 Å². The molecule has 0 aromatic carbocycles. The number of aromatic nitrogens is 4. The van der Waals surface area contributed by atoms with Crippen LogP contribution in [-0.4, -0.2) is 44.4 Å². The van der Waals surface area contributed by atoms with Gasteiger partial charge in [-0.2, -0.15) is 5.10 Å². The highest BCUT2D eigenvalue weighted by Gasteiger charge is 2.29. The van der Waals surface area contributed by atoms with Gasteiger partial charge in [-0.1, -0.05) is 0 Å². The molecule has 8 nitrogen and oxygen atoms in total. The molecule has 1 fully saturated rings. The van der Waals surface area contributed by atoms with E-state index in [1.54, 1.807) is 12.4 Å². The first kappa shape index (κ1) is 18.4. The number of anilines is 2. The van der Waals surface area contributed by atoms with Crippen molar-refractivity contribution in [2.45, 2.75) is 25.7 Å². The van der Waals surface area contributed by atoms with Crippen LogP contribution in [0.5, 0.6) is 0 Å². The third-order valence-electron chi connectivity index (χ3n) is 5.05. The van der Waals surface area contributed by atoms with Gasteiger partial charge in [0.05, 0.1) is 5.69 Å². The Morgan fingerprint density at radius 2 is 2.07 bits per heavy atom. The van der Waals surface area contributed by atoms with Gasteiger partial charge in [-0.15, -0.1) is 0 Å². The number of nitrogens with one attached hydrogen (secondary N) is 2. The molecule has 0 saturated heterocycles. The first-order chi connectivity index (χ1) is 13.6. The number of aliphatic hydroxyl groups is 1. The number of aryl methyl sites for hydroxylation is 2. The number of hydrogen-bond acceptors (Lipinski definition) is 6. The van der Waals surface area contributed by atoms with Gasteiger partial charge in [-0.25, -0.2) is 9.97 Å². The summed E-state index contributed by atoms with van der Waals surface area (Å²) in [6, 6.07) is 3.91. The lowest BCUT2D eigenvalue weighted by Gasteiger charge is -2.11. The molecule has 0 aliphatic heterocycles. The molecule has 3 N–H and O–H groups in total. The second-order valence-electron chi connectivity index (χ2n) is 7.12. The van der Waals surface area contributed by atoms with Gasteiger partial charge in [-0.05, 0) is 37.8 Å². The highest BCUT2D eigenvalue weighted by molar-refractivity contribution is 6.03. The molecule has 1 amide bonds. The number of fused-ring (bicyclic) bond motifs is 1. The van der Waals surface area contributed by atoms with Crippen LogP contribution in [0.3, 0.4) is 0 Å². The predicted octanol–water partition coefficient (Wildman–Crippen LogP) is 2.35. The van der Waals surface area contributed by atoms with Crippen LogP contribution in [0.1, 0.15) is 25.0 Å². The molecule has 146 valence electrons. The molecule has 0 bridgehead atoms. The fourth-order valence-corrected chi connectivity index (χ4v) is 3.31. The molecule has 3 aromatic rings. The average molecular weight is 380 g/mol. The molecule has 1 aliphatic rings. The van der Waals surface area contributed by atoms with E-state index >= 15 is 0 Å². The summed E-state index contributed by atoms with van der Waals surface area (Å²) in [6.07, 6.45) is 6.86. The molecule has 1 saturated carbocycles. The van der Waals surface area contributed by atoms with Gasteiger partial charge in [0, 0.05) is 61.0 Å². The fraction of sp³-hybridized carbons (Fsp3) is 0.400. The van der Waals surface area contributed by atoms with Crippen molar-refractivity contribution in [3.05, 3.63) is 30.2 Å². The van der Waals surface area contributed by atoms with Crippen LogP contribution >= 0.6 is 0 Å². The summed E-state index contributed by atoms with van der Waals surface area (Å²) in [4.78, 5) is 21.0. The number of pyridine rings is 2. The van der Waals surface area contributed by atoms with Crippen molar-refractivity contribution in [2.75, 3.05) is 24.3 Å². The third kappa shape index (κ3) is 3.55. The SMILES string of the molecule is CNc1ncc(-c2cc(CCCO)n(C)n2)c2cc(NC(=O)C3CC3)ncc12. The van der Waals surface area contributed by atoms with Crippen molar-refractivity contribution >= 4 is 28.3 Å². The van der Waals surface area contributed by atoms with Crippen LogP contribution in [0.2, 0.25) is 0 Å². The van der Waals surface area contributed by atoms with Gasteiger partial charge >= 0.3 is 0 Å². The van der Waals surface area contributed by atoms with Crippen molar-refractivity contribution in [1.29, 1.82) is 0 Å². The number of aliphatic hydroxyl groups excluding tert-OH is 1. The molecule has 0 spiro atoms. The van der Waals surface area contributed by atoms with Gasteiger partial charge in [0.1, 0.15) is 11.6 Å². The van der Waals surface area contributed by atoms with Crippen LogP contribution in [0.25, 0.3) is 22.0 Å². The minimum absolute atomic E-state index is 0.0282. The summed E-state index contributed by atoms with van der Waals surface area (Å²) < 4.78 is 1.83. The Morgan fingerprint density at radius 1 is 1.25 bits per heavy atom. The largest absolute Gasteiger partial charge is 0.396 e. The van der Waals surface area contributed by atoms with Gasteiger partial charge in [0.15, 0.2) is 0 Å². The zero-order valence-corrected chi connectivity index (χ0v) is 16.1. The maximum Gasteiger partial charge on any atom is 0.228 e. The molecule has 0 atom stereocenters. The lowest BCUT2D eigenvalue weighted by Crippen LogP contribution is -2.14. The van der Waals surface area contributed by atoms with Crippen LogP contribution in [0, 0.1) is 5.92 Å². The molecule has 4 rings (SSSR count). The molecule has 0 unspecified atom stereocenters. The van der Waals surface area contributed by atoms with E-state index in [0.29, 0.717) is 12.2 Å². The van der Waals surface area contributed by atoms with E-state index in [1.807, 2.05) is 30.9 Å². The number of amides is 1. The summed E-state index contributed by atoms with van der Waals surface area (Å²) in [6.45, 7) is 0.150. The van der Waals surface area contributed by atoms with Gasteiger partial charge in [-0.3, -0.25) is 9.48 Å². The number of carbonyl (C=O) groups is 1. The van der Waals surface area contributed by atoms with Gasteiger partial charge < -0.3 is 15.7 Å². The fourth-order valence-electron chi connectivity index (χ4n) is 3.31. The Morgan fingerprint density at radius 3 is 2.79 bits per heavy atom. The molecule has 3 heterocycles. The van der Waals surface area contributed by atoms with E-state index in [4.69, 9.17) is 5.11 Å². The standard InChI is InChI=1S/C20H24N6O2/c1-21-19-16-11-22-18(24-20(28)12-5-6-12)9-14(16)15(10-23-19)17-8-13(4-3-7-27)26(2)25-17/h8-12,27H,3-7H2,1-2H3,(H,21,23)(H,22,24,28). The molecule has 3 aromatic heterocycles. The highest BCUT2D eigenvalue weighted by Crippen LogP contribution is 2.34. The molecule has 28 heavy (non-hydrogen) atoms. The number of carbonyl (C=O) groups excluding carboxylic acids is 1. The summed E-state index contributed by atoms with van der Waals surface area (Å²) >= 11 is 0. The van der Waals surface area contributed by atoms with E-state index in [9.17, 15) is 4.79 Å². The first-order valence-corrected chi connectivity index (χ1v) is 9.52. The van der Waals surface area contributed by atoms with E-state index in [-0.39, 0.29) is 18.4 Å². The smallest absolute Gasteiger partial charge is 0.228 e. The summed E-state index contributed by atoms with van der Waals surface area (Å²) in [5.41, 5.74) is 2.73. The summed E-state index contributed by atoms with van der Waals surface area (Å²) in [5, 5.41) is 21.5. The lowest BCUT2D eigenvalue weighted by atomic mass is 10.1. The van der Waals surface area contributed by atoms with Crippen LogP contribution in [0.15, 0.2) is 24.5 Å². The van der Waals surface area contributed by atoms with Crippen molar-refractivity contribution in [2.24, 2.45) is 13.0 Å². The molecule has 8 heteroatoms. The van der Waals surface area contributed by atoms with E-state index in [1.165, 1.54) is 0 Å². The topological polar surface area (TPSA) is 105 Å². The highest BCUT2D eigenvalue weighted by atomic mass is 16.2. The van der Waals surface area contributed by atoms with Crippen LogP contribution in [-0.2, 0) is 18.3 Å². The first-order valence-electron chi connectivity index (χ1n) is 9.52. The van der Waals surface area contributed by atoms with E-state index in [2.05, 4.69) is 25.7 Å². The predicted molar refractivity (Wildman–Crippen MR) is 108 cm³/mol. The molecule has 0 radical (unpaired) electrons. The van der Waals surface area contributed by atoms with E-state index < -0.39 is 0 Å².